The Hall–Kier alpha value is -1.37. The van der Waals surface area contributed by atoms with Crippen molar-refractivity contribution >= 4 is 6.79 Å². The highest BCUT2D eigenvalue weighted by molar-refractivity contribution is 5.13. The second kappa shape index (κ2) is 20.9. The summed E-state index contributed by atoms with van der Waals surface area (Å²) in [6, 6.07) is 10.5. The summed E-state index contributed by atoms with van der Waals surface area (Å²) in [5.41, 5.74) is 1.41. The standard InChI is InChI=1S/C9H20.C8H10.C2H4.CH2O/c1-5-7-9(6-2)8(3)4;1-2-8-6-4-3-5-7-8;2*1-2/h8-9H,5-7H2,1-4H3;3-7H,2H2,1H3;1-2H2;1H2. The van der Waals surface area contributed by atoms with Crippen LogP contribution in [0.1, 0.15) is 59.4 Å². The second-order valence-electron chi connectivity index (χ2n) is 5.04. The molecule has 0 aliphatic carbocycles. The van der Waals surface area contributed by atoms with Gasteiger partial charge < -0.3 is 4.79 Å². The van der Waals surface area contributed by atoms with E-state index in [1.165, 1.54) is 24.8 Å². The van der Waals surface area contributed by atoms with E-state index >= 15 is 0 Å². The highest BCUT2D eigenvalue weighted by Crippen LogP contribution is 2.19. The summed E-state index contributed by atoms with van der Waals surface area (Å²) in [6.07, 6.45) is 5.25. The minimum atomic E-state index is 0.884. The highest BCUT2D eigenvalue weighted by Gasteiger charge is 2.08. The van der Waals surface area contributed by atoms with Crippen molar-refractivity contribution in [2.45, 2.75) is 60.3 Å². The molecule has 122 valence electrons. The molecule has 0 amide bonds. The summed E-state index contributed by atoms with van der Waals surface area (Å²) >= 11 is 0. The smallest absolute Gasteiger partial charge is 0.106 e. The van der Waals surface area contributed by atoms with Crippen LogP contribution in [-0.4, -0.2) is 6.79 Å². The lowest BCUT2D eigenvalue weighted by molar-refractivity contribution is -0.0979. The number of hydrogen-bond acceptors (Lipinski definition) is 1. The third-order valence-corrected chi connectivity index (χ3v) is 3.38. The van der Waals surface area contributed by atoms with Crippen LogP contribution < -0.4 is 0 Å². The zero-order valence-corrected chi connectivity index (χ0v) is 14.9. The molecule has 1 rings (SSSR count). The van der Waals surface area contributed by atoms with Crippen molar-refractivity contribution in [1.82, 2.24) is 0 Å². The van der Waals surface area contributed by atoms with E-state index in [1.54, 1.807) is 0 Å². The van der Waals surface area contributed by atoms with Gasteiger partial charge in [0.15, 0.2) is 0 Å². The van der Waals surface area contributed by atoms with E-state index in [-0.39, 0.29) is 0 Å². The van der Waals surface area contributed by atoms with Crippen LogP contribution in [0.2, 0.25) is 0 Å². The van der Waals surface area contributed by atoms with Gasteiger partial charge >= 0.3 is 0 Å². The van der Waals surface area contributed by atoms with Crippen LogP contribution in [0.5, 0.6) is 0 Å². The molecule has 0 aliphatic heterocycles. The topological polar surface area (TPSA) is 17.1 Å². The van der Waals surface area contributed by atoms with Gasteiger partial charge in [-0.15, -0.1) is 13.2 Å². The molecule has 0 aromatic heterocycles. The molecule has 0 saturated heterocycles. The van der Waals surface area contributed by atoms with Crippen molar-refractivity contribution in [3.8, 4) is 0 Å². The number of benzene rings is 1. The van der Waals surface area contributed by atoms with Crippen molar-refractivity contribution in [2.75, 3.05) is 0 Å². The fourth-order valence-electron chi connectivity index (χ4n) is 2.09. The number of carbonyl (C=O) groups is 1. The first-order valence-corrected chi connectivity index (χ1v) is 7.98. The van der Waals surface area contributed by atoms with Gasteiger partial charge in [-0.2, -0.15) is 0 Å². The lowest BCUT2D eigenvalue weighted by Gasteiger charge is -2.17. The van der Waals surface area contributed by atoms with E-state index in [1.807, 2.05) is 12.9 Å². The lowest BCUT2D eigenvalue weighted by atomic mass is 9.89. The van der Waals surface area contributed by atoms with Crippen molar-refractivity contribution in [3.05, 3.63) is 49.1 Å². The summed E-state index contributed by atoms with van der Waals surface area (Å²) in [5.74, 6) is 1.85. The van der Waals surface area contributed by atoms with E-state index in [4.69, 9.17) is 4.79 Å². The number of aryl methyl sites for hydroxylation is 1. The van der Waals surface area contributed by atoms with Gasteiger partial charge in [0.25, 0.3) is 0 Å². The molecule has 0 saturated carbocycles. The van der Waals surface area contributed by atoms with E-state index in [2.05, 4.69) is 72.0 Å². The van der Waals surface area contributed by atoms with E-state index < -0.39 is 0 Å². The zero-order chi connectivity index (χ0) is 17.1. The van der Waals surface area contributed by atoms with Crippen LogP contribution in [0.25, 0.3) is 0 Å². The van der Waals surface area contributed by atoms with Gasteiger partial charge in [0.2, 0.25) is 0 Å². The van der Waals surface area contributed by atoms with Crippen LogP contribution in [0.15, 0.2) is 43.5 Å². The molecule has 1 aromatic carbocycles. The predicted octanol–water partition coefficient (Wildman–Crippen LogP) is 6.34. The summed E-state index contributed by atoms with van der Waals surface area (Å²) in [7, 11) is 0. The summed E-state index contributed by atoms with van der Waals surface area (Å²) < 4.78 is 0. The average Bonchev–Trinajstić information content (AvgIpc) is 2.57. The maximum absolute atomic E-state index is 8.00. The zero-order valence-electron chi connectivity index (χ0n) is 14.9. The van der Waals surface area contributed by atoms with Crippen molar-refractivity contribution in [1.29, 1.82) is 0 Å². The number of rotatable bonds is 5. The van der Waals surface area contributed by atoms with E-state index in [0.717, 1.165) is 18.3 Å². The molecular weight excluding hydrogens is 256 g/mol. The van der Waals surface area contributed by atoms with Crippen molar-refractivity contribution in [3.63, 3.8) is 0 Å². The normalized spacial score (nSPS) is 10.0. The maximum atomic E-state index is 8.00. The Kier molecular flexibility index (Phi) is 24.6. The minimum absolute atomic E-state index is 0.884. The lowest BCUT2D eigenvalue weighted by Crippen LogP contribution is -2.06. The van der Waals surface area contributed by atoms with Crippen LogP contribution >= 0.6 is 0 Å². The highest BCUT2D eigenvalue weighted by atomic mass is 16.1. The Morgan fingerprint density at radius 1 is 0.952 bits per heavy atom. The van der Waals surface area contributed by atoms with Gasteiger partial charge in [-0.25, -0.2) is 0 Å². The van der Waals surface area contributed by atoms with Gasteiger partial charge in [-0.1, -0.05) is 84.2 Å². The van der Waals surface area contributed by atoms with Crippen LogP contribution in [-0.2, 0) is 11.2 Å². The van der Waals surface area contributed by atoms with E-state index in [0.29, 0.717) is 0 Å². The molecule has 0 radical (unpaired) electrons. The Morgan fingerprint density at radius 3 is 1.62 bits per heavy atom. The molecule has 0 aliphatic rings. The molecule has 1 aromatic rings. The van der Waals surface area contributed by atoms with Gasteiger partial charge in [0.1, 0.15) is 6.79 Å². The molecule has 0 spiro atoms. The Labute approximate surface area is 133 Å². The van der Waals surface area contributed by atoms with Gasteiger partial charge in [-0.3, -0.25) is 0 Å². The molecule has 1 unspecified atom stereocenters. The first-order chi connectivity index (χ1) is 10.2. The predicted molar refractivity (Wildman–Crippen MR) is 97.7 cm³/mol. The van der Waals surface area contributed by atoms with Crippen molar-refractivity contribution < 1.29 is 4.79 Å². The van der Waals surface area contributed by atoms with Gasteiger partial charge in [-0.05, 0) is 23.8 Å². The quantitative estimate of drug-likeness (QED) is 0.579. The first-order valence-electron chi connectivity index (χ1n) is 7.98. The Balaban J connectivity index is -0.000000250. The molecular formula is C20H36O. The van der Waals surface area contributed by atoms with Crippen molar-refractivity contribution in [2.24, 2.45) is 11.8 Å². The fourth-order valence-corrected chi connectivity index (χ4v) is 2.09. The third-order valence-electron chi connectivity index (χ3n) is 3.38. The summed E-state index contributed by atoms with van der Waals surface area (Å²) in [5, 5.41) is 0. The maximum Gasteiger partial charge on any atom is 0.106 e. The summed E-state index contributed by atoms with van der Waals surface area (Å²) in [6.45, 7) is 19.4. The van der Waals surface area contributed by atoms with E-state index in [9.17, 15) is 0 Å². The largest absolute Gasteiger partial charge is 0.307 e. The number of carbonyl (C=O) groups excluding carboxylic acids is 1. The van der Waals surface area contributed by atoms with Gasteiger partial charge in [0, 0.05) is 0 Å². The first kappa shape index (κ1) is 24.6. The third kappa shape index (κ3) is 16.6. The average molecular weight is 293 g/mol. The summed E-state index contributed by atoms with van der Waals surface area (Å²) in [4.78, 5) is 8.00. The van der Waals surface area contributed by atoms with Gasteiger partial charge in [0.05, 0.1) is 0 Å². The molecule has 0 fully saturated rings. The minimum Gasteiger partial charge on any atom is -0.307 e. The molecule has 21 heavy (non-hydrogen) atoms. The number of hydrogen-bond donors (Lipinski definition) is 0. The molecule has 0 bridgehead atoms. The van der Waals surface area contributed by atoms with Crippen LogP contribution in [0, 0.1) is 11.8 Å². The Bertz CT molecular complexity index is 277. The Morgan fingerprint density at radius 2 is 1.43 bits per heavy atom. The fraction of sp³-hybridized carbons (Fsp3) is 0.550. The molecule has 1 nitrogen and oxygen atoms in total. The second-order valence-corrected chi connectivity index (χ2v) is 5.04. The molecule has 0 heterocycles. The van der Waals surface area contributed by atoms with Crippen LogP contribution in [0.3, 0.4) is 0 Å². The molecule has 0 N–H and O–H groups in total. The SMILES string of the molecule is C=C.C=O.CCCC(CC)C(C)C.CCc1ccccc1. The molecule has 1 heteroatoms. The van der Waals surface area contributed by atoms with Crippen LogP contribution in [0.4, 0.5) is 0 Å². The molecule has 1 atom stereocenters. The monoisotopic (exact) mass is 292 g/mol.